The standard InChI is InChI=1S/C14H22FN3O3S/c1-17(2)10-4-9-16-14(19)11-18(22(3,20)21)13-7-5-12(15)6-8-13/h5-8H,4,9-11H2,1-3H3,(H,16,19). The lowest BCUT2D eigenvalue weighted by Crippen LogP contribution is -2.41. The summed E-state index contributed by atoms with van der Waals surface area (Å²) in [6.07, 6.45) is 1.78. The van der Waals surface area contributed by atoms with E-state index >= 15 is 0 Å². The maximum absolute atomic E-state index is 12.9. The molecule has 0 radical (unpaired) electrons. The van der Waals surface area contributed by atoms with Crippen molar-refractivity contribution in [3.63, 3.8) is 0 Å². The van der Waals surface area contributed by atoms with Gasteiger partial charge in [-0.2, -0.15) is 0 Å². The van der Waals surface area contributed by atoms with Crippen LogP contribution in [0.1, 0.15) is 6.42 Å². The summed E-state index contributed by atoms with van der Waals surface area (Å²) in [5.74, 6) is -0.862. The SMILES string of the molecule is CN(C)CCCNC(=O)CN(c1ccc(F)cc1)S(C)(=O)=O. The molecule has 0 bridgehead atoms. The highest BCUT2D eigenvalue weighted by atomic mass is 32.2. The molecule has 1 aromatic carbocycles. The fourth-order valence-corrected chi connectivity index (χ4v) is 2.67. The number of rotatable bonds is 8. The summed E-state index contributed by atoms with van der Waals surface area (Å²) in [6.45, 7) is 0.971. The number of nitrogens with one attached hydrogen (secondary N) is 1. The second kappa shape index (κ2) is 8.09. The topological polar surface area (TPSA) is 69.7 Å². The molecule has 0 fully saturated rings. The predicted molar refractivity (Wildman–Crippen MR) is 84.8 cm³/mol. The van der Waals surface area contributed by atoms with Crippen LogP contribution in [0.4, 0.5) is 10.1 Å². The molecule has 0 spiro atoms. The molecule has 124 valence electrons. The third-order valence-electron chi connectivity index (χ3n) is 2.91. The lowest BCUT2D eigenvalue weighted by Gasteiger charge is -2.22. The van der Waals surface area contributed by atoms with Crippen molar-refractivity contribution in [3.05, 3.63) is 30.1 Å². The molecule has 8 heteroatoms. The smallest absolute Gasteiger partial charge is 0.240 e. The van der Waals surface area contributed by atoms with Crippen molar-refractivity contribution in [2.24, 2.45) is 0 Å². The van der Waals surface area contributed by atoms with Gasteiger partial charge in [0, 0.05) is 6.54 Å². The third-order valence-corrected chi connectivity index (χ3v) is 4.05. The first-order valence-corrected chi connectivity index (χ1v) is 8.69. The Balaban J connectivity index is 2.67. The van der Waals surface area contributed by atoms with E-state index in [2.05, 4.69) is 5.32 Å². The zero-order chi connectivity index (χ0) is 16.8. The minimum atomic E-state index is -3.63. The molecule has 1 aromatic rings. The zero-order valence-electron chi connectivity index (χ0n) is 13.0. The first kappa shape index (κ1) is 18.4. The van der Waals surface area contributed by atoms with Crippen molar-refractivity contribution in [2.45, 2.75) is 6.42 Å². The lowest BCUT2D eigenvalue weighted by molar-refractivity contribution is -0.119. The summed E-state index contributed by atoms with van der Waals surface area (Å²) in [6, 6.07) is 4.97. The van der Waals surface area contributed by atoms with E-state index in [0.29, 0.717) is 6.54 Å². The van der Waals surface area contributed by atoms with Crippen molar-refractivity contribution in [1.82, 2.24) is 10.2 Å². The normalized spacial score (nSPS) is 11.5. The van der Waals surface area contributed by atoms with Gasteiger partial charge in [-0.25, -0.2) is 12.8 Å². The Labute approximate surface area is 131 Å². The number of carbonyl (C=O) groups is 1. The van der Waals surface area contributed by atoms with Crippen LogP contribution < -0.4 is 9.62 Å². The Kier molecular flexibility index (Phi) is 6.76. The van der Waals surface area contributed by atoms with Gasteiger partial charge < -0.3 is 10.2 Å². The highest BCUT2D eigenvalue weighted by molar-refractivity contribution is 7.92. The number of benzene rings is 1. The minimum Gasteiger partial charge on any atom is -0.354 e. The van der Waals surface area contributed by atoms with Crippen LogP contribution >= 0.6 is 0 Å². The Hall–Kier alpha value is -1.67. The number of hydrogen-bond acceptors (Lipinski definition) is 4. The summed E-state index contributed by atoms with van der Waals surface area (Å²) < 4.78 is 37.5. The lowest BCUT2D eigenvalue weighted by atomic mass is 10.3. The van der Waals surface area contributed by atoms with E-state index in [9.17, 15) is 17.6 Å². The molecule has 0 aliphatic carbocycles. The first-order chi connectivity index (χ1) is 10.2. The van der Waals surface area contributed by atoms with Gasteiger partial charge in [0.25, 0.3) is 0 Å². The maximum atomic E-state index is 12.9. The van der Waals surface area contributed by atoms with Crippen molar-refractivity contribution < 1.29 is 17.6 Å². The van der Waals surface area contributed by atoms with E-state index in [1.165, 1.54) is 12.1 Å². The average molecular weight is 331 g/mol. The van der Waals surface area contributed by atoms with Crippen LogP contribution in [0.25, 0.3) is 0 Å². The molecule has 1 amide bonds. The quantitative estimate of drug-likeness (QED) is 0.711. The fourth-order valence-electron chi connectivity index (χ4n) is 1.82. The second-order valence-electron chi connectivity index (χ2n) is 5.25. The molecule has 0 heterocycles. The van der Waals surface area contributed by atoms with Crippen LogP contribution in [0, 0.1) is 5.82 Å². The summed E-state index contributed by atoms with van der Waals surface area (Å²) in [7, 11) is 0.236. The monoisotopic (exact) mass is 331 g/mol. The molecule has 0 saturated heterocycles. The minimum absolute atomic E-state index is 0.257. The first-order valence-electron chi connectivity index (χ1n) is 6.85. The fraction of sp³-hybridized carbons (Fsp3) is 0.500. The van der Waals surface area contributed by atoms with Crippen LogP contribution in [0.3, 0.4) is 0 Å². The van der Waals surface area contributed by atoms with E-state index in [1.807, 2.05) is 19.0 Å². The number of halogens is 1. The average Bonchev–Trinajstić information content (AvgIpc) is 2.41. The predicted octanol–water partition coefficient (Wildman–Crippen LogP) is 0.660. The van der Waals surface area contributed by atoms with E-state index < -0.39 is 21.7 Å². The van der Waals surface area contributed by atoms with Crippen molar-refractivity contribution in [3.8, 4) is 0 Å². The van der Waals surface area contributed by atoms with Gasteiger partial charge in [-0.3, -0.25) is 9.10 Å². The zero-order valence-corrected chi connectivity index (χ0v) is 13.9. The molecule has 0 aromatic heterocycles. The molecule has 0 atom stereocenters. The number of nitrogens with zero attached hydrogens (tertiary/aromatic N) is 2. The van der Waals surface area contributed by atoms with E-state index in [-0.39, 0.29) is 12.2 Å². The molecule has 0 aliphatic rings. The summed E-state index contributed by atoms with van der Waals surface area (Å²) >= 11 is 0. The van der Waals surface area contributed by atoms with Gasteiger partial charge in [0.15, 0.2) is 0 Å². The number of hydrogen-bond donors (Lipinski definition) is 1. The van der Waals surface area contributed by atoms with Gasteiger partial charge in [-0.05, 0) is 51.3 Å². The van der Waals surface area contributed by atoms with Crippen LogP contribution in [-0.4, -0.2) is 59.2 Å². The highest BCUT2D eigenvalue weighted by Crippen LogP contribution is 2.17. The Morgan fingerprint density at radius 3 is 2.32 bits per heavy atom. The number of carbonyl (C=O) groups excluding carboxylic acids is 1. The summed E-state index contributed by atoms with van der Waals surface area (Å²) in [4.78, 5) is 13.9. The van der Waals surface area contributed by atoms with Gasteiger partial charge in [-0.1, -0.05) is 0 Å². The molecule has 22 heavy (non-hydrogen) atoms. The molecular weight excluding hydrogens is 309 g/mol. The Bertz CT molecular complexity index is 588. The Morgan fingerprint density at radius 2 is 1.82 bits per heavy atom. The molecular formula is C14H22FN3O3S. The van der Waals surface area contributed by atoms with Crippen LogP contribution in [0.2, 0.25) is 0 Å². The number of anilines is 1. The van der Waals surface area contributed by atoms with Crippen molar-refractivity contribution in [1.29, 1.82) is 0 Å². The van der Waals surface area contributed by atoms with Crippen molar-refractivity contribution >= 4 is 21.6 Å². The molecule has 0 aliphatic heterocycles. The van der Waals surface area contributed by atoms with Gasteiger partial charge in [0.05, 0.1) is 11.9 Å². The third kappa shape index (κ3) is 6.40. The maximum Gasteiger partial charge on any atom is 0.240 e. The largest absolute Gasteiger partial charge is 0.354 e. The molecule has 6 nitrogen and oxygen atoms in total. The summed E-state index contributed by atoms with van der Waals surface area (Å²) in [5, 5.41) is 2.68. The second-order valence-corrected chi connectivity index (χ2v) is 7.16. The van der Waals surface area contributed by atoms with Crippen LogP contribution in [-0.2, 0) is 14.8 Å². The van der Waals surface area contributed by atoms with Gasteiger partial charge in [0.2, 0.25) is 15.9 Å². The Morgan fingerprint density at radius 1 is 1.23 bits per heavy atom. The van der Waals surface area contributed by atoms with E-state index in [1.54, 1.807) is 0 Å². The van der Waals surface area contributed by atoms with Crippen molar-refractivity contribution in [2.75, 3.05) is 44.3 Å². The van der Waals surface area contributed by atoms with Crippen LogP contribution in [0.15, 0.2) is 24.3 Å². The molecule has 1 N–H and O–H groups in total. The van der Waals surface area contributed by atoms with Gasteiger partial charge in [-0.15, -0.1) is 0 Å². The molecule has 0 saturated carbocycles. The van der Waals surface area contributed by atoms with E-state index in [4.69, 9.17) is 0 Å². The molecule has 0 unspecified atom stereocenters. The number of amides is 1. The van der Waals surface area contributed by atoms with Gasteiger partial charge in [0.1, 0.15) is 12.4 Å². The van der Waals surface area contributed by atoms with Gasteiger partial charge >= 0.3 is 0 Å². The highest BCUT2D eigenvalue weighted by Gasteiger charge is 2.20. The van der Waals surface area contributed by atoms with Crippen LogP contribution in [0.5, 0.6) is 0 Å². The summed E-state index contributed by atoms with van der Waals surface area (Å²) in [5.41, 5.74) is 0.257. The number of sulfonamides is 1. The molecule has 1 rings (SSSR count). The van der Waals surface area contributed by atoms with E-state index in [0.717, 1.165) is 35.7 Å².